The Kier molecular flexibility index (Phi) is 7.07. The molecule has 2 aromatic carbocycles. The fourth-order valence-corrected chi connectivity index (χ4v) is 3.76. The number of likely N-dealkylation sites (N-methyl/N-ethyl adjacent to an activating group) is 1. The van der Waals surface area contributed by atoms with Crippen LogP contribution in [-0.2, 0) is 9.59 Å². The van der Waals surface area contributed by atoms with Crippen molar-refractivity contribution in [1.29, 1.82) is 0 Å². The Morgan fingerprint density at radius 1 is 1.20 bits per heavy atom. The summed E-state index contributed by atoms with van der Waals surface area (Å²) in [7, 11) is 1.57. The van der Waals surface area contributed by atoms with E-state index in [4.69, 9.17) is 11.6 Å². The van der Waals surface area contributed by atoms with Gasteiger partial charge >= 0.3 is 0 Å². The molecule has 0 aliphatic heterocycles. The summed E-state index contributed by atoms with van der Waals surface area (Å²) in [5.41, 5.74) is 3.54. The van der Waals surface area contributed by atoms with Crippen LogP contribution < -0.4 is 5.32 Å². The lowest BCUT2D eigenvalue weighted by Crippen LogP contribution is -2.36. The number of carbonyl (C=O) groups excluding carboxylic acids is 2. The normalized spacial score (nSPS) is 10.7. The van der Waals surface area contributed by atoms with E-state index in [-0.39, 0.29) is 24.1 Å². The minimum atomic E-state index is -0.330. The molecular weight excluding hydrogens is 424 g/mol. The number of halogens is 1. The molecule has 0 unspecified atom stereocenters. The van der Waals surface area contributed by atoms with Gasteiger partial charge < -0.3 is 10.2 Å². The van der Waals surface area contributed by atoms with Crippen LogP contribution in [0.5, 0.6) is 0 Å². The van der Waals surface area contributed by atoms with Gasteiger partial charge in [-0.1, -0.05) is 53.2 Å². The van der Waals surface area contributed by atoms with E-state index >= 15 is 0 Å². The van der Waals surface area contributed by atoms with E-state index in [1.54, 1.807) is 36.0 Å². The fourth-order valence-electron chi connectivity index (χ4n) is 2.76. The number of carbonyl (C=O) groups is 2. The predicted octanol–water partition coefficient (Wildman–Crippen LogP) is 3.12. The zero-order valence-electron chi connectivity index (χ0n) is 16.8. The van der Waals surface area contributed by atoms with Gasteiger partial charge in [-0.25, -0.2) is 0 Å². The highest BCUT2D eigenvalue weighted by molar-refractivity contribution is 7.99. The third-order valence-corrected chi connectivity index (χ3v) is 5.53. The summed E-state index contributed by atoms with van der Waals surface area (Å²) in [5, 5.41) is 15.4. The number of hydrogen-bond donors (Lipinski definition) is 1. The average Bonchev–Trinajstić information content (AvgIpc) is 3.16. The molecule has 0 fully saturated rings. The number of aryl methyl sites for hydroxylation is 2. The molecule has 8 nitrogen and oxygen atoms in total. The number of nitrogens with zero attached hydrogens (tertiary/aromatic N) is 5. The van der Waals surface area contributed by atoms with Gasteiger partial charge in [0.25, 0.3) is 0 Å². The minimum absolute atomic E-state index is 0.0906. The Labute approximate surface area is 183 Å². The maximum atomic E-state index is 12.5. The number of aromatic nitrogens is 4. The Morgan fingerprint density at radius 3 is 2.70 bits per heavy atom. The van der Waals surface area contributed by atoms with E-state index in [1.807, 2.05) is 32.0 Å². The van der Waals surface area contributed by atoms with Gasteiger partial charge in [-0.05, 0) is 48.0 Å². The Hall–Kier alpha value is -2.91. The predicted molar refractivity (Wildman–Crippen MR) is 117 cm³/mol. The van der Waals surface area contributed by atoms with Crippen molar-refractivity contribution in [3.8, 4) is 5.69 Å². The van der Waals surface area contributed by atoms with Crippen molar-refractivity contribution >= 4 is 40.9 Å². The van der Waals surface area contributed by atoms with Gasteiger partial charge in [-0.3, -0.25) is 9.59 Å². The number of rotatable bonds is 7. The van der Waals surface area contributed by atoms with Crippen molar-refractivity contribution in [2.45, 2.75) is 19.0 Å². The van der Waals surface area contributed by atoms with Gasteiger partial charge in [0.15, 0.2) is 0 Å². The number of hydrogen-bond acceptors (Lipinski definition) is 6. The second-order valence-electron chi connectivity index (χ2n) is 6.73. The van der Waals surface area contributed by atoms with Crippen molar-refractivity contribution in [3.63, 3.8) is 0 Å². The van der Waals surface area contributed by atoms with Crippen LogP contribution in [0.3, 0.4) is 0 Å². The lowest BCUT2D eigenvalue weighted by Gasteiger charge is -2.17. The molecule has 1 heterocycles. The van der Waals surface area contributed by atoms with Gasteiger partial charge in [-0.15, -0.1) is 5.10 Å². The first kappa shape index (κ1) is 21.8. The second-order valence-corrected chi connectivity index (χ2v) is 8.08. The van der Waals surface area contributed by atoms with Crippen molar-refractivity contribution in [3.05, 3.63) is 58.6 Å². The highest BCUT2D eigenvalue weighted by Gasteiger charge is 2.17. The maximum absolute atomic E-state index is 12.5. The molecule has 2 amide bonds. The summed E-state index contributed by atoms with van der Waals surface area (Å²) in [6, 6.07) is 12.9. The van der Waals surface area contributed by atoms with E-state index in [0.717, 1.165) is 16.8 Å². The number of nitrogens with one attached hydrogen (secondary N) is 1. The third kappa shape index (κ3) is 5.37. The molecule has 156 valence electrons. The molecule has 1 aromatic heterocycles. The molecule has 0 spiro atoms. The number of anilines is 1. The first-order valence-corrected chi connectivity index (χ1v) is 10.5. The highest BCUT2D eigenvalue weighted by Crippen LogP contribution is 2.22. The first-order chi connectivity index (χ1) is 14.3. The lowest BCUT2D eigenvalue weighted by atomic mass is 10.1. The van der Waals surface area contributed by atoms with Crippen LogP contribution in [0, 0.1) is 13.8 Å². The van der Waals surface area contributed by atoms with Crippen molar-refractivity contribution < 1.29 is 9.59 Å². The summed E-state index contributed by atoms with van der Waals surface area (Å²) >= 11 is 7.25. The van der Waals surface area contributed by atoms with Crippen molar-refractivity contribution in [1.82, 2.24) is 25.1 Å². The smallest absolute Gasteiger partial charge is 0.244 e. The van der Waals surface area contributed by atoms with Crippen molar-refractivity contribution in [2.75, 3.05) is 24.7 Å². The van der Waals surface area contributed by atoms with Gasteiger partial charge in [0, 0.05) is 7.05 Å². The Morgan fingerprint density at radius 2 is 1.97 bits per heavy atom. The molecule has 10 heteroatoms. The summed E-state index contributed by atoms with van der Waals surface area (Å²) in [6.07, 6.45) is 0. The van der Waals surface area contributed by atoms with Crippen LogP contribution in [0.1, 0.15) is 11.1 Å². The third-order valence-electron chi connectivity index (χ3n) is 4.30. The first-order valence-electron chi connectivity index (χ1n) is 9.12. The molecule has 0 radical (unpaired) electrons. The van der Waals surface area contributed by atoms with E-state index in [9.17, 15) is 9.59 Å². The Bertz CT molecular complexity index is 1070. The molecule has 30 heavy (non-hydrogen) atoms. The average molecular weight is 445 g/mol. The van der Waals surface area contributed by atoms with Gasteiger partial charge in [0.05, 0.1) is 28.7 Å². The molecule has 0 aliphatic carbocycles. The van der Waals surface area contributed by atoms with Crippen LogP contribution in [0.15, 0.2) is 47.6 Å². The van der Waals surface area contributed by atoms with Crippen LogP contribution in [0.4, 0.5) is 5.69 Å². The zero-order chi connectivity index (χ0) is 21.7. The van der Waals surface area contributed by atoms with E-state index < -0.39 is 0 Å². The largest absolute Gasteiger partial charge is 0.336 e. The lowest BCUT2D eigenvalue weighted by molar-refractivity contribution is -0.131. The second kappa shape index (κ2) is 9.73. The number of benzene rings is 2. The van der Waals surface area contributed by atoms with Crippen LogP contribution in [0.2, 0.25) is 5.02 Å². The zero-order valence-corrected chi connectivity index (χ0v) is 18.4. The number of thioether (sulfide) groups is 1. The van der Waals surface area contributed by atoms with Gasteiger partial charge in [0.1, 0.15) is 0 Å². The fraction of sp³-hybridized carbons (Fsp3) is 0.250. The molecule has 0 atom stereocenters. The summed E-state index contributed by atoms with van der Waals surface area (Å²) in [5.74, 6) is -0.449. The Balaban J connectivity index is 1.57. The molecule has 0 saturated heterocycles. The van der Waals surface area contributed by atoms with Gasteiger partial charge in [0.2, 0.25) is 17.0 Å². The number of para-hydroxylation sites is 1. The highest BCUT2D eigenvalue weighted by atomic mass is 35.5. The monoisotopic (exact) mass is 444 g/mol. The molecule has 1 N–H and O–H groups in total. The summed E-state index contributed by atoms with van der Waals surface area (Å²) in [6.45, 7) is 3.91. The number of amides is 2. The minimum Gasteiger partial charge on any atom is -0.336 e. The molecule has 3 rings (SSSR count). The summed E-state index contributed by atoms with van der Waals surface area (Å²) in [4.78, 5) is 26.0. The molecule has 0 saturated carbocycles. The quantitative estimate of drug-likeness (QED) is 0.563. The van der Waals surface area contributed by atoms with E-state index in [2.05, 4.69) is 20.8 Å². The topological polar surface area (TPSA) is 93.0 Å². The number of tetrazole rings is 1. The maximum Gasteiger partial charge on any atom is 0.244 e. The molecule has 0 bridgehead atoms. The van der Waals surface area contributed by atoms with Gasteiger partial charge in [-0.2, -0.15) is 4.68 Å². The van der Waals surface area contributed by atoms with Crippen LogP contribution in [-0.4, -0.2) is 56.3 Å². The van der Waals surface area contributed by atoms with Crippen molar-refractivity contribution in [2.24, 2.45) is 0 Å². The molecule has 0 aliphatic rings. The SMILES string of the molecule is Cc1ccc(-n2nnnc2SCC(=O)N(C)CC(=O)Nc2ccccc2Cl)c(C)c1. The standard InChI is InChI=1S/C20H21ClN6O2S/c1-13-8-9-17(14(2)10-13)27-20(23-24-25-27)30-12-19(29)26(3)11-18(28)22-16-7-5-4-6-15(16)21/h4-10H,11-12H2,1-3H3,(H,22,28). The van der Waals surface area contributed by atoms with E-state index in [1.165, 1.54) is 16.7 Å². The van der Waals surface area contributed by atoms with Crippen LogP contribution in [0.25, 0.3) is 5.69 Å². The molecular formula is C20H21ClN6O2S. The van der Waals surface area contributed by atoms with E-state index in [0.29, 0.717) is 15.9 Å². The molecule has 3 aromatic rings. The van der Waals surface area contributed by atoms with Crippen LogP contribution >= 0.6 is 23.4 Å². The summed E-state index contributed by atoms with van der Waals surface area (Å²) < 4.78 is 1.61.